The highest BCUT2D eigenvalue weighted by Gasteiger charge is 2.21. The van der Waals surface area contributed by atoms with Crippen molar-refractivity contribution in [2.75, 3.05) is 11.5 Å². The van der Waals surface area contributed by atoms with Gasteiger partial charge in [0.2, 0.25) is 0 Å². The molecule has 0 aliphatic carbocycles. The molecule has 7 heteroatoms. The molecule has 2 atom stereocenters. The molecular weight excluding hydrogens is 242 g/mol. The average molecular weight is 261 g/mol. The van der Waals surface area contributed by atoms with Crippen LogP contribution in [0.5, 0.6) is 0 Å². The minimum absolute atomic E-state index is 0.0185. The van der Waals surface area contributed by atoms with Gasteiger partial charge < -0.3 is 10.8 Å². The van der Waals surface area contributed by atoms with E-state index >= 15 is 0 Å². The molecule has 0 spiro atoms. The van der Waals surface area contributed by atoms with E-state index in [1.54, 1.807) is 13.8 Å². The third-order valence-electron chi connectivity index (χ3n) is 2.44. The Labute approximate surface area is 102 Å². The maximum atomic E-state index is 11.8. The van der Waals surface area contributed by atoms with Crippen LogP contribution in [0.3, 0.4) is 0 Å². The van der Waals surface area contributed by atoms with Gasteiger partial charge in [0.1, 0.15) is 6.04 Å². The maximum Gasteiger partial charge on any atom is 0.320 e. The van der Waals surface area contributed by atoms with Gasteiger partial charge in [-0.15, -0.1) is 0 Å². The summed E-state index contributed by atoms with van der Waals surface area (Å²) < 4.78 is 19.4. The Morgan fingerprint density at radius 1 is 1.59 bits per heavy atom. The number of carboxylic acid groups (broad SMARTS) is 1. The van der Waals surface area contributed by atoms with Crippen LogP contribution in [0, 0.1) is 21.5 Å². The fourth-order valence-electron chi connectivity index (χ4n) is 1.02. The van der Waals surface area contributed by atoms with Crippen molar-refractivity contribution in [3.8, 4) is 6.07 Å². The minimum Gasteiger partial charge on any atom is -0.480 e. The molecule has 0 fully saturated rings. The van der Waals surface area contributed by atoms with Crippen molar-refractivity contribution >= 4 is 15.7 Å². The van der Waals surface area contributed by atoms with E-state index < -0.39 is 27.2 Å². The molecule has 0 amide bonds. The van der Waals surface area contributed by atoms with E-state index in [9.17, 15) is 9.00 Å². The molecule has 0 saturated heterocycles. The first-order chi connectivity index (χ1) is 7.59. The average Bonchev–Trinajstić information content (AvgIpc) is 2.23. The summed E-state index contributed by atoms with van der Waals surface area (Å²) in [5, 5.41) is 17.3. The number of hydrogen-bond acceptors (Lipinski definition) is 5. The fraction of sp³-hybridized carbons (Fsp3) is 0.800. The smallest absolute Gasteiger partial charge is 0.320 e. The van der Waals surface area contributed by atoms with Crippen molar-refractivity contribution in [1.82, 2.24) is 0 Å². The first-order valence-electron chi connectivity index (χ1n) is 5.23. The van der Waals surface area contributed by atoms with Crippen molar-refractivity contribution in [3.63, 3.8) is 0 Å². The lowest BCUT2D eigenvalue weighted by molar-refractivity contribution is -0.138. The summed E-state index contributed by atoms with van der Waals surface area (Å²) in [5.41, 5.74) is 4.66. The summed E-state index contributed by atoms with van der Waals surface area (Å²) in [5.74, 6) is -1.10. The summed E-state index contributed by atoms with van der Waals surface area (Å²) in [7, 11) is -2.85. The lowest BCUT2D eigenvalue weighted by Gasteiger charge is -2.16. The zero-order chi connectivity index (χ0) is 13.7. The largest absolute Gasteiger partial charge is 0.480 e. The molecule has 0 saturated carbocycles. The monoisotopic (exact) mass is 261 g/mol. The van der Waals surface area contributed by atoms with Crippen LogP contribution in [0.15, 0.2) is 0 Å². The van der Waals surface area contributed by atoms with E-state index in [0.29, 0.717) is 6.42 Å². The number of nitrogens with zero attached hydrogens (tertiary/aromatic N) is 1. The molecule has 0 rings (SSSR count). The zero-order valence-electron chi connectivity index (χ0n) is 10.1. The molecule has 0 aromatic rings. The second-order valence-electron chi connectivity index (χ2n) is 4.70. The molecule has 0 aliphatic heterocycles. The van der Waals surface area contributed by atoms with Crippen LogP contribution in [0.2, 0.25) is 0 Å². The van der Waals surface area contributed by atoms with Crippen LogP contribution in [0.4, 0.5) is 0 Å². The van der Waals surface area contributed by atoms with Crippen LogP contribution in [-0.2, 0) is 14.5 Å². The zero-order valence-corrected chi connectivity index (χ0v) is 10.9. The van der Waals surface area contributed by atoms with Crippen LogP contribution in [0.1, 0.15) is 26.7 Å². The summed E-state index contributed by atoms with van der Waals surface area (Å²) in [6.07, 6.45) is 0.374. The molecule has 6 nitrogen and oxygen atoms in total. The third kappa shape index (κ3) is 6.92. The third-order valence-corrected chi connectivity index (χ3v) is 4.19. The number of rotatable bonds is 7. The summed E-state index contributed by atoms with van der Waals surface area (Å²) in [6, 6.07) is 0.991. The Morgan fingerprint density at radius 3 is 2.53 bits per heavy atom. The van der Waals surface area contributed by atoms with Crippen molar-refractivity contribution in [3.05, 3.63) is 0 Å². The van der Waals surface area contributed by atoms with Gasteiger partial charge in [-0.2, -0.15) is 5.26 Å². The molecule has 0 aromatic carbocycles. The van der Waals surface area contributed by atoms with Gasteiger partial charge in [-0.1, -0.05) is 0 Å². The summed E-state index contributed by atoms with van der Waals surface area (Å²) >= 11 is 0. The van der Waals surface area contributed by atoms with E-state index in [0.717, 1.165) is 0 Å². The van der Waals surface area contributed by atoms with Gasteiger partial charge in [-0.25, -0.2) is 4.21 Å². The second-order valence-corrected chi connectivity index (χ2v) is 7.14. The lowest BCUT2D eigenvalue weighted by atomic mass is 9.93. The first kappa shape index (κ1) is 15.9. The number of hydrogen-bond donors (Lipinski definition) is 3. The van der Waals surface area contributed by atoms with Gasteiger partial charge in [0.25, 0.3) is 0 Å². The number of carboxylic acids is 1. The van der Waals surface area contributed by atoms with Crippen molar-refractivity contribution in [2.24, 2.45) is 11.1 Å². The maximum absolute atomic E-state index is 11.8. The predicted octanol–water partition coefficient (Wildman–Crippen LogP) is 0.775. The van der Waals surface area contributed by atoms with E-state index in [1.165, 1.54) is 0 Å². The molecule has 0 heterocycles. The number of carbonyl (C=O) groups is 1. The Morgan fingerprint density at radius 2 is 2.12 bits per heavy atom. The summed E-state index contributed by atoms with van der Waals surface area (Å²) in [6.45, 7) is 3.43. The highest BCUT2D eigenvalue weighted by Crippen LogP contribution is 2.20. The Kier molecular flexibility index (Phi) is 5.58. The number of aliphatic carboxylic acids is 1. The van der Waals surface area contributed by atoms with E-state index in [2.05, 4.69) is 6.07 Å². The molecule has 0 radical (unpaired) electrons. The van der Waals surface area contributed by atoms with E-state index in [1.807, 2.05) is 0 Å². The minimum atomic E-state index is -2.85. The normalized spacial score (nSPS) is 16.8. The van der Waals surface area contributed by atoms with Crippen LogP contribution < -0.4 is 5.73 Å². The SMILES string of the molecule is CC(C)(C#N)CCS(=N)(=O)CC[C@H](N)C(=O)O. The second kappa shape index (κ2) is 5.98. The van der Waals surface area contributed by atoms with Gasteiger partial charge in [-0.3, -0.25) is 9.57 Å². The molecule has 0 aliphatic rings. The van der Waals surface area contributed by atoms with E-state index in [-0.39, 0.29) is 17.9 Å². The lowest BCUT2D eigenvalue weighted by Crippen LogP contribution is -2.32. The number of nitrogens with two attached hydrogens (primary N) is 1. The number of nitriles is 1. The highest BCUT2D eigenvalue weighted by molar-refractivity contribution is 7.92. The number of nitrogens with one attached hydrogen (secondary N) is 1. The molecule has 0 bridgehead atoms. The predicted molar refractivity (Wildman–Crippen MR) is 64.8 cm³/mol. The highest BCUT2D eigenvalue weighted by atomic mass is 32.2. The van der Waals surface area contributed by atoms with Gasteiger partial charge in [0, 0.05) is 21.2 Å². The standard InChI is InChI=1S/C10H19N3O3S/c1-10(2,7-11)4-6-17(13,16)5-3-8(12)9(14)15/h8,13H,3-6,12H2,1-2H3,(H,14,15)/t8-,17?/m0/s1. The molecule has 1 unspecified atom stereocenters. The van der Waals surface area contributed by atoms with Gasteiger partial charge >= 0.3 is 5.97 Å². The van der Waals surface area contributed by atoms with Gasteiger partial charge in [0.15, 0.2) is 0 Å². The topological polar surface area (TPSA) is 128 Å². The van der Waals surface area contributed by atoms with Crippen molar-refractivity contribution in [1.29, 1.82) is 10.0 Å². The molecular formula is C10H19N3O3S. The van der Waals surface area contributed by atoms with E-state index in [4.69, 9.17) is 20.9 Å². The molecule has 0 aromatic heterocycles. The summed E-state index contributed by atoms with van der Waals surface area (Å²) in [4.78, 5) is 10.5. The fourth-order valence-corrected chi connectivity index (χ4v) is 2.70. The van der Waals surface area contributed by atoms with Crippen molar-refractivity contribution < 1.29 is 14.1 Å². The molecule has 17 heavy (non-hydrogen) atoms. The van der Waals surface area contributed by atoms with Crippen LogP contribution >= 0.6 is 0 Å². The molecule has 4 N–H and O–H groups in total. The first-order valence-corrected chi connectivity index (χ1v) is 7.13. The molecule has 98 valence electrons. The van der Waals surface area contributed by atoms with Gasteiger partial charge in [0.05, 0.1) is 11.5 Å². The Balaban J connectivity index is 4.24. The Hall–Kier alpha value is -1.13. The quantitative estimate of drug-likeness (QED) is 0.623. The van der Waals surface area contributed by atoms with Gasteiger partial charge in [-0.05, 0) is 26.7 Å². The van der Waals surface area contributed by atoms with Crippen LogP contribution in [-0.4, -0.2) is 32.8 Å². The van der Waals surface area contributed by atoms with Crippen LogP contribution in [0.25, 0.3) is 0 Å². The van der Waals surface area contributed by atoms with Crippen molar-refractivity contribution in [2.45, 2.75) is 32.7 Å². The Bertz CT molecular complexity index is 409.